The Labute approximate surface area is 303 Å². The van der Waals surface area contributed by atoms with Crippen LogP contribution in [0.2, 0.25) is 0 Å². The number of aryl methyl sites for hydroxylation is 1. The highest BCUT2D eigenvalue weighted by Gasteiger charge is 2.67. The molecule has 0 spiro atoms. The Morgan fingerprint density at radius 3 is 2.27 bits per heavy atom. The van der Waals surface area contributed by atoms with Gasteiger partial charge in [0, 0.05) is 17.1 Å². The van der Waals surface area contributed by atoms with Crippen molar-refractivity contribution >= 4 is 23.3 Å². The number of ether oxygens (including phenoxy) is 2. The van der Waals surface area contributed by atoms with Gasteiger partial charge in [-0.3, -0.25) is 9.59 Å². The highest BCUT2D eigenvalue weighted by molar-refractivity contribution is 6.06. The molecule has 0 radical (unpaired) electrons. The average Bonchev–Trinajstić information content (AvgIpc) is 3.10. The van der Waals surface area contributed by atoms with Crippen molar-refractivity contribution in [3.05, 3.63) is 87.7 Å². The molecule has 0 heterocycles. The van der Waals surface area contributed by atoms with E-state index in [0.717, 1.165) is 61.7 Å². The highest BCUT2D eigenvalue weighted by Crippen LogP contribution is 2.75. The van der Waals surface area contributed by atoms with Crippen LogP contribution < -0.4 is 0 Å². The van der Waals surface area contributed by atoms with E-state index in [-0.39, 0.29) is 58.0 Å². The van der Waals surface area contributed by atoms with E-state index >= 15 is 0 Å². The number of nitriles is 1. The zero-order valence-electron chi connectivity index (χ0n) is 31.4. The molecule has 5 aliphatic rings. The summed E-state index contributed by atoms with van der Waals surface area (Å²) in [6.07, 6.45) is 15.0. The van der Waals surface area contributed by atoms with Crippen molar-refractivity contribution in [2.45, 2.75) is 106 Å². The number of benzene rings is 1. The van der Waals surface area contributed by atoms with E-state index in [0.29, 0.717) is 29.9 Å². The molecule has 3 fully saturated rings. The minimum Gasteiger partial charge on any atom is -0.504 e. The van der Waals surface area contributed by atoms with Crippen LogP contribution in [0.5, 0.6) is 0 Å². The number of rotatable bonds is 8. The van der Waals surface area contributed by atoms with Gasteiger partial charge in [-0.05, 0) is 124 Å². The Morgan fingerprint density at radius 2 is 1.59 bits per heavy atom. The van der Waals surface area contributed by atoms with Gasteiger partial charge in [0.25, 0.3) is 0 Å². The molecule has 3 saturated carbocycles. The number of ketones is 1. The molecule has 6 atom stereocenters. The predicted molar refractivity (Wildman–Crippen MR) is 197 cm³/mol. The molecule has 270 valence electrons. The molecule has 5 aliphatic carbocycles. The van der Waals surface area contributed by atoms with Gasteiger partial charge in [-0.2, -0.15) is 5.26 Å². The van der Waals surface area contributed by atoms with E-state index in [2.05, 4.69) is 52.8 Å². The van der Waals surface area contributed by atoms with Crippen LogP contribution >= 0.6 is 0 Å². The number of unbranched alkanes of at least 4 members (excludes halogenated alkanes) is 1. The van der Waals surface area contributed by atoms with Gasteiger partial charge in [-0.25, -0.2) is 4.79 Å². The summed E-state index contributed by atoms with van der Waals surface area (Å²) < 4.78 is 11.3. The van der Waals surface area contributed by atoms with Gasteiger partial charge in [0.1, 0.15) is 6.07 Å². The van der Waals surface area contributed by atoms with Crippen LogP contribution in [-0.2, 0) is 23.9 Å². The zero-order chi connectivity index (χ0) is 37.0. The number of carbonyl (C=O) groups excluding carboxylic acids is 3. The number of hydrogen-bond donors (Lipinski definition) is 1. The van der Waals surface area contributed by atoms with Crippen molar-refractivity contribution in [1.29, 1.82) is 5.26 Å². The van der Waals surface area contributed by atoms with Crippen molar-refractivity contribution in [1.82, 2.24) is 0 Å². The summed E-state index contributed by atoms with van der Waals surface area (Å²) in [4.78, 5) is 39.0. The van der Waals surface area contributed by atoms with E-state index in [1.807, 2.05) is 38.1 Å². The first kappa shape index (κ1) is 36.6. The topological polar surface area (TPSA) is 114 Å². The van der Waals surface area contributed by atoms with Gasteiger partial charge in [-0.15, -0.1) is 0 Å². The van der Waals surface area contributed by atoms with Crippen LogP contribution in [0.3, 0.4) is 0 Å². The van der Waals surface area contributed by atoms with Crippen LogP contribution in [0.25, 0.3) is 5.57 Å². The van der Waals surface area contributed by atoms with Gasteiger partial charge in [0.2, 0.25) is 5.78 Å². The normalized spacial score (nSPS) is 34.4. The summed E-state index contributed by atoms with van der Waals surface area (Å²) in [5, 5.41) is 19.9. The van der Waals surface area contributed by atoms with Crippen molar-refractivity contribution in [3.63, 3.8) is 0 Å². The molecule has 1 aromatic carbocycles. The molecule has 0 amide bonds. The second kappa shape index (κ2) is 13.1. The minimum absolute atomic E-state index is 0.0475. The van der Waals surface area contributed by atoms with Gasteiger partial charge in [0.15, 0.2) is 5.76 Å². The Bertz CT molecular complexity index is 1850. The Morgan fingerprint density at radius 1 is 0.922 bits per heavy atom. The number of carbonyl (C=O) groups is 3. The predicted octanol–water partition coefficient (Wildman–Crippen LogP) is 9.40. The lowest BCUT2D eigenvalue weighted by molar-refractivity contribution is -0.182. The fourth-order valence-corrected chi connectivity index (χ4v) is 10.4. The zero-order valence-corrected chi connectivity index (χ0v) is 31.4. The molecule has 0 saturated heterocycles. The maximum absolute atomic E-state index is 13.8. The third kappa shape index (κ3) is 6.03. The van der Waals surface area contributed by atoms with E-state index in [4.69, 9.17) is 9.47 Å². The lowest BCUT2D eigenvalue weighted by atomic mass is 9.34. The third-order valence-corrected chi connectivity index (χ3v) is 14.1. The summed E-state index contributed by atoms with van der Waals surface area (Å²) in [6, 6.07) is 9.47. The molecule has 51 heavy (non-hydrogen) atoms. The number of nitrogens with zero attached hydrogens (tertiary/aromatic N) is 1. The van der Waals surface area contributed by atoms with Crippen molar-refractivity contribution in [2.75, 3.05) is 13.2 Å². The molecule has 0 unspecified atom stereocenters. The molecule has 7 heteroatoms. The molecule has 0 bridgehead atoms. The first-order valence-corrected chi connectivity index (χ1v) is 18.6. The Kier molecular flexibility index (Phi) is 9.40. The summed E-state index contributed by atoms with van der Waals surface area (Å²) in [5.74, 6) is -0.841. The number of allylic oxidation sites excluding steroid dienone is 8. The van der Waals surface area contributed by atoms with E-state index in [1.54, 1.807) is 6.08 Å². The molecule has 0 aliphatic heterocycles. The molecule has 0 aromatic heterocycles. The first-order chi connectivity index (χ1) is 24.0. The number of hydrogen-bond acceptors (Lipinski definition) is 7. The van der Waals surface area contributed by atoms with Crippen LogP contribution in [0, 0.1) is 51.2 Å². The summed E-state index contributed by atoms with van der Waals surface area (Å²) in [5.41, 5.74) is 5.15. The summed E-state index contributed by atoms with van der Waals surface area (Å²) in [7, 11) is 0. The van der Waals surface area contributed by atoms with Crippen LogP contribution in [-0.4, -0.2) is 36.0 Å². The van der Waals surface area contributed by atoms with Crippen molar-refractivity contribution < 1.29 is 29.0 Å². The van der Waals surface area contributed by atoms with Crippen molar-refractivity contribution in [3.8, 4) is 6.07 Å². The Balaban J connectivity index is 1.09. The molecular formula is C44H53NO6. The van der Waals surface area contributed by atoms with Gasteiger partial charge < -0.3 is 14.6 Å². The number of fused-ring (bicyclic) bond motifs is 7. The van der Waals surface area contributed by atoms with Gasteiger partial charge >= 0.3 is 11.9 Å². The number of esters is 2. The molecule has 6 rings (SSSR count). The van der Waals surface area contributed by atoms with Crippen LogP contribution in [0.1, 0.15) is 110 Å². The van der Waals surface area contributed by atoms with Crippen LogP contribution in [0.15, 0.2) is 76.6 Å². The lowest BCUT2D eigenvalue weighted by Crippen LogP contribution is -2.62. The average molecular weight is 692 g/mol. The van der Waals surface area contributed by atoms with Crippen LogP contribution in [0.4, 0.5) is 0 Å². The van der Waals surface area contributed by atoms with Gasteiger partial charge in [0.05, 0.1) is 24.2 Å². The SMILES string of the molecule is CC1=C(O)C(=O)C=C2C1=CC=C1[C@@]2(C)CC[C@@]2(C)[C@@H]3C[C@](C)(C(=O)OCCCCOC(=O)/C=C(\C#N)c4ccc(C)cc4)CC[C@]3(C)CC[C@]12C. The van der Waals surface area contributed by atoms with E-state index in [1.165, 1.54) is 11.6 Å². The second-order valence-electron chi connectivity index (χ2n) is 17.2. The largest absolute Gasteiger partial charge is 0.504 e. The number of aliphatic hydroxyl groups excluding tert-OH is 1. The maximum Gasteiger partial charge on any atom is 0.332 e. The number of aliphatic hydroxyl groups is 1. The second-order valence-corrected chi connectivity index (χ2v) is 17.2. The summed E-state index contributed by atoms with van der Waals surface area (Å²) >= 11 is 0. The monoisotopic (exact) mass is 691 g/mol. The quantitative estimate of drug-likeness (QED) is 0.125. The standard InChI is InChI=1S/C44H53NO6/c1-28-10-12-30(13-11-28)31(27-45)24-37(47)50-22-8-9-23-51-39(49)41(4)17-16-40(3)18-20-43(6)35-15-14-32-29(2)38(48)34(46)25-33(32)42(35,5)19-21-44(43,7)36(40)26-41/h10-15,24-25,36,48H,8-9,16-23,26H2,1-7H3/b31-24+/t36-,40-,41-,42+,43-,44+/m1/s1. The smallest absolute Gasteiger partial charge is 0.332 e. The molecule has 7 nitrogen and oxygen atoms in total. The van der Waals surface area contributed by atoms with E-state index < -0.39 is 11.4 Å². The fraction of sp³-hybridized carbons (Fsp3) is 0.545. The third-order valence-electron chi connectivity index (χ3n) is 14.1. The lowest BCUT2D eigenvalue weighted by Gasteiger charge is -2.70. The maximum atomic E-state index is 13.8. The first-order valence-electron chi connectivity index (χ1n) is 18.6. The van der Waals surface area contributed by atoms with Gasteiger partial charge in [-0.1, -0.05) is 75.2 Å². The van der Waals surface area contributed by atoms with Crippen molar-refractivity contribution in [2.24, 2.45) is 33.0 Å². The molecule has 1 aromatic rings. The highest BCUT2D eigenvalue weighted by atomic mass is 16.5. The fourth-order valence-electron chi connectivity index (χ4n) is 10.4. The minimum atomic E-state index is -0.584. The summed E-state index contributed by atoms with van der Waals surface area (Å²) in [6.45, 7) is 15.9. The molecular weight excluding hydrogens is 638 g/mol. The molecule has 1 N–H and O–H groups in total. The Hall–Kier alpha value is -4.18. The van der Waals surface area contributed by atoms with E-state index in [9.17, 15) is 24.8 Å².